The van der Waals surface area contributed by atoms with Gasteiger partial charge in [-0.2, -0.15) is 5.10 Å². The van der Waals surface area contributed by atoms with E-state index in [1.807, 2.05) is 32.0 Å². The molecule has 0 saturated heterocycles. The van der Waals surface area contributed by atoms with E-state index in [1.165, 1.54) is 5.56 Å². The van der Waals surface area contributed by atoms with Gasteiger partial charge >= 0.3 is 0 Å². The van der Waals surface area contributed by atoms with Crippen molar-refractivity contribution in [3.8, 4) is 5.75 Å². The number of aromatic nitrogens is 2. The number of hydrogen-bond donors (Lipinski definition) is 1. The number of benzene rings is 1. The first kappa shape index (κ1) is 13.1. The predicted octanol–water partition coefficient (Wildman–Crippen LogP) is 2.05. The maximum Gasteiger partial charge on any atom is 0.263 e. The van der Waals surface area contributed by atoms with Gasteiger partial charge in [-0.15, -0.1) is 0 Å². The molecule has 0 aliphatic carbocycles. The number of ether oxygens (including phenoxy) is 1. The van der Waals surface area contributed by atoms with E-state index in [9.17, 15) is 4.79 Å². The lowest BCUT2D eigenvalue weighted by Gasteiger charge is -2.09. The molecule has 0 saturated carbocycles. The lowest BCUT2D eigenvalue weighted by molar-refractivity contribution is -0.118. The van der Waals surface area contributed by atoms with Crippen molar-refractivity contribution in [2.24, 2.45) is 7.05 Å². The summed E-state index contributed by atoms with van der Waals surface area (Å²) in [4.78, 5) is 11.7. The summed E-state index contributed by atoms with van der Waals surface area (Å²) in [6.07, 6.45) is 1.76. The first-order valence-corrected chi connectivity index (χ1v) is 6.04. The second-order valence-corrected chi connectivity index (χ2v) is 4.48. The fourth-order valence-electron chi connectivity index (χ4n) is 1.77. The van der Waals surface area contributed by atoms with E-state index in [-0.39, 0.29) is 12.5 Å². The van der Waals surface area contributed by atoms with Crippen molar-refractivity contribution in [2.75, 3.05) is 11.9 Å². The molecule has 0 aliphatic heterocycles. The maximum atomic E-state index is 11.7. The summed E-state index contributed by atoms with van der Waals surface area (Å²) in [5.74, 6) is 1.03. The molecule has 19 heavy (non-hydrogen) atoms. The van der Waals surface area contributed by atoms with Crippen molar-refractivity contribution in [2.45, 2.75) is 13.8 Å². The van der Waals surface area contributed by atoms with Crippen LogP contribution in [0.15, 0.2) is 30.5 Å². The minimum atomic E-state index is -0.223. The molecule has 0 atom stereocenters. The molecule has 1 heterocycles. The summed E-state index contributed by atoms with van der Waals surface area (Å²) in [6, 6.07) is 7.58. The van der Waals surface area contributed by atoms with E-state index >= 15 is 0 Å². The summed E-state index contributed by atoms with van der Waals surface area (Å²) in [6.45, 7) is 3.95. The number of rotatable bonds is 4. The third kappa shape index (κ3) is 3.58. The van der Waals surface area contributed by atoms with Crippen LogP contribution in [0.4, 0.5) is 5.82 Å². The number of hydrogen-bond acceptors (Lipinski definition) is 3. The number of carbonyl (C=O) groups is 1. The monoisotopic (exact) mass is 259 g/mol. The van der Waals surface area contributed by atoms with Crippen LogP contribution >= 0.6 is 0 Å². The van der Waals surface area contributed by atoms with Crippen LogP contribution in [0.2, 0.25) is 0 Å². The highest BCUT2D eigenvalue weighted by Crippen LogP contribution is 2.18. The Morgan fingerprint density at radius 2 is 2.16 bits per heavy atom. The number of nitrogens with one attached hydrogen (secondary N) is 1. The fourth-order valence-corrected chi connectivity index (χ4v) is 1.77. The van der Waals surface area contributed by atoms with Crippen LogP contribution in [0.25, 0.3) is 0 Å². The molecule has 0 spiro atoms. The van der Waals surface area contributed by atoms with Crippen LogP contribution in [0.1, 0.15) is 11.1 Å². The van der Waals surface area contributed by atoms with Gasteiger partial charge in [-0.3, -0.25) is 9.48 Å². The maximum absolute atomic E-state index is 11.7. The summed E-state index contributed by atoms with van der Waals surface area (Å²) in [7, 11) is 1.79. The van der Waals surface area contributed by atoms with Gasteiger partial charge in [0.2, 0.25) is 0 Å². The molecule has 5 heteroatoms. The van der Waals surface area contributed by atoms with Crippen LogP contribution in [0.5, 0.6) is 5.75 Å². The molecule has 1 aromatic heterocycles. The van der Waals surface area contributed by atoms with Gasteiger partial charge in [0, 0.05) is 19.3 Å². The second-order valence-electron chi connectivity index (χ2n) is 4.48. The SMILES string of the molecule is Cc1ccc(OCC(=O)Nc2ccn(C)n2)c(C)c1. The first-order valence-electron chi connectivity index (χ1n) is 6.04. The highest BCUT2D eigenvalue weighted by Gasteiger charge is 2.06. The van der Waals surface area contributed by atoms with Gasteiger partial charge < -0.3 is 10.1 Å². The largest absolute Gasteiger partial charge is 0.483 e. The Hall–Kier alpha value is -2.30. The smallest absolute Gasteiger partial charge is 0.263 e. The minimum Gasteiger partial charge on any atom is -0.483 e. The molecule has 0 unspecified atom stereocenters. The summed E-state index contributed by atoms with van der Waals surface area (Å²) < 4.78 is 7.11. The van der Waals surface area contributed by atoms with E-state index < -0.39 is 0 Å². The van der Waals surface area contributed by atoms with Crippen LogP contribution in [0, 0.1) is 13.8 Å². The Kier molecular flexibility index (Phi) is 3.85. The number of anilines is 1. The van der Waals surface area contributed by atoms with Crippen molar-refractivity contribution < 1.29 is 9.53 Å². The molecule has 5 nitrogen and oxygen atoms in total. The third-order valence-electron chi connectivity index (χ3n) is 2.67. The minimum absolute atomic E-state index is 0.0273. The summed E-state index contributed by atoms with van der Waals surface area (Å²) in [5.41, 5.74) is 2.19. The van der Waals surface area contributed by atoms with E-state index in [1.54, 1.807) is 24.0 Å². The number of carbonyl (C=O) groups excluding carboxylic acids is 1. The topological polar surface area (TPSA) is 56.1 Å². The zero-order valence-electron chi connectivity index (χ0n) is 11.3. The zero-order chi connectivity index (χ0) is 13.8. The van der Waals surface area contributed by atoms with Gasteiger partial charge in [0.05, 0.1) is 0 Å². The Morgan fingerprint density at radius 3 is 2.79 bits per heavy atom. The molecule has 0 radical (unpaired) electrons. The van der Waals surface area contributed by atoms with Gasteiger partial charge in [0.15, 0.2) is 12.4 Å². The van der Waals surface area contributed by atoms with Crippen molar-refractivity contribution in [1.29, 1.82) is 0 Å². The molecule has 2 aromatic rings. The van der Waals surface area contributed by atoms with Gasteiger partial charge in [-0.25, -0.2) is 0 Å². The molecular weight excluding hydrogens is 242 g/mol. The van der Waals surface area contributed by atoms with Crippen molar-refractivity contribution in [3.05, 3.63) is 41.6 Å². The standard InChI is InChI=1S/C14H17N3O2/c1-10-4-5-12(11(2)8-10)19-9-14(18)15-13-6-7-17(3)16-13/h4-8H,9H2,1-3H3,(H,15,16,18). The van der Waals surface area contributed by atoms with E-state index in [4.69, 9.17) is 4.74 Å². The Morgan fingerprint density at radius 1 is 1.37 bits per heavy atom. The van der Waals surface area contributed by atoms with E-state index in [0.29, 0.717) is 5.82 Å². The summed E-state index contributed by atoms with van der Waals surface area (Å²) >= 11 is 0. The fraction of sp³-hybridized carbons (Fsp3) is 0.286. The lowest BCUT2D eigenvalue weighted by Crippen LogP contribution is -2.20. The zero-order valence-corrected chi connectivity index (χ0v) is 11.3. The number of nitrogens with zero attached hydrogens (tertiary/aromatic N) is 2. The van der Waals surface area contributed by atoms with E-state index in [2.05, 4.69) is 10.4 Å². The average Bonchev–Trinajstić information content (AvgIpc) is 2.73. The van der Waals surface area contributed by atoms with E-state index in [0.717, 1.165) is 11.3 Å². The molecule has 1 aromatic carbocycles. The summed E-state index contributed by atoms with van der Waals surface area (Å²) in [5, 5.41) is 6.73. The molecule has 1 N–H and O–H groups in total. The number of aryl methyl sites for hydroxylation is 3. The molecule has 0 fully saturated rings. The average molecular weight is 259 g/mol. The molecule has 100 valence electrons. The Balaban J connectivity index is 1.89. The third-order valence-corrected chi connectivity index (χ3v) is 2.67. The molecule has 0 bridgehead atoms. The van der Waals surface area contributed by atoms with Gasteiger partial charge in [0.1, 0.15) is 5.75 Å². The highest BCUT2D eigenvalue weighted by atomic mass is 16.5. The first-order chi connectivity index (χ1) is 9.04. The quantitative estimate of drug-likeness (QED) is 0.914. The highest BCUT2D eigenvalue weighted by molar-refractivity contribution is 5.90. The molecule has 0 aliphatic rings. The molecular formula is C14H17N3O2. The molecule has 1 amide bonds. The van der Waals surface area contributed by atoms with Crippen molar-refractivity contribution >= 4 is 11.7 Å². The van der Waals surface area contributed by atoms with Gasteiger partial charge in [-0.05, 0) is 25.5 Å². The predicted molar refractivity (Wildman–Crippen MR) is 73.2 cm³/mol. The normalized spacial score (nSPS) is 10.3. The van der Waals surface area contributed by atoms with Gasteiger partial charge in [0.25, 0.3) is 5.91 Å². The Labute approximate surface area is 112 Å². The van der Waals surface area contributed by atoms with Gasteiger partial charge in [-0.1, -0.05) is 17.7 Å². The number of amides is 1. The van der Waals surface area contributed by atoms with Crippen molar-refractivity contribution in [1.82, 2.24) is 9.78 Å². The Bertz CT molecular complexity index is 590. The van der Waals surface area contributed by atoms with Crippen LogP contribution in [0.3, 0.4) is 0 Å². The second kappa shape index (κ2) is 5.56. The lowest BCUT2D eigenvalue weighted by atomic mass is 10.1. The van der Waals surface area contributed by atoms with Crippen LogP contribution < -0.4 is 10.1 Å². The van der Waals surface area contributed by atoms with Crippen LogP contribution in [-0.4, -0.2) is 22.3 Å². The van der Waals surface area contributed by atoms with Crippen molar-refractivity contribution in [3.63, 3.8) is 0 Å². The van der Waals surface area contributed by atoms with Crippen LogP contribution in [-0.2, 0) is 11.8 Å². The molecule has 2 rings (SSSR count).